The number of amides is 1. The van der Waals surface area contributed by atoms with Crippen LogP contribution in [0, 0.1) is 0 Å². The minimum absolute atomic E-state index is 0.107. The van der Waals surface area contributed by atoms with Gasteiger partial charge in [-0.3, -0.25) is 4.79 Å². The number of furan rings is 1. The van der Waals surface area contributed by atoms with Crippen LogP contribution in [-0.4, -0.2) is 44.5 Å². The summed E-state index contributed by atoms with van der Waals surface area (Å²) >= 11 is 6.17. The maximum absolute atomic E-state index is 13.6. The fraction of sp³-hybridized carbons (Fsp3) is 0.261. The molecule has 0 saturated carbocycles. The standard InChI is InChI=1S/C23H22ClN5O2/c24-17-4-1-3-16(13-17)20-14-26-29-11-8-21(27-22(20)29)23(30)28(15-19-5-2-12-31-19)18-6-9-25-10-7-18/h1-5,8,11-14,18,25H,6-7,9-10,15H2. The molecule has 3 aromatic heterocycles. The van der Waals surface area contributed by atoms with Crippen molar-refractivity contribution in [1.82, 2.24) is 24.8 Å². The normalized spacial score (nSPS) is 14.7. The fourth-order valence-electron chi connectivity index (χ4n) is 4.05. The molecule has 7 nitrogen and oxygen atoms in total. The summed E-state index contributed by atoms with van der Waals surface area (Å²) in [5.74, 6) is 0.654. The molecule has 31 heavy (non-hydrogen) atoms. The van der Waals surface area contributed by atoms with E-state index in [0.717, 1.165) is 42.8 Å². The number of halogens is 1. The molecule has 0 atom stereocenters. The largest absolute Gasteiger partial charge is 0.467 e. The van der Waals surface area contributed by atoms with E-state index in [9.17, 15) is 4.79 Å². The van der Waals surface area contributed by atoms with E-state index in [1.807, 2.05) is 41.3 Å². The van der Waals surface area contributed by atoms with Crippen LogP contribution in [0.25, 0.3) is 16.8 Å². The number of fused-ring (bicyclic) bond motifs is 1. The van der Waals surface area contributed by atoms with Crippen LogP contribution in [0.5, 0.6) is 0 Å². The zero-order valence-electron chi connectivity index (χ0n) is 16.9. The van der Waals surface area contributed by atoms with Crippen LogP contribution >= 0.6 is 11.6 Å². The van der Waals surface area contributed by atoms with Gasteiger partial charge < -0.3 is 14.6 Å². The number of nitrogens with zero attached hydrogens (tertiary/aromatic N) is 4. The predicted octanol–water partition coefficient (Wildman–Crippen LogP) is 4.04. The molecule has 0 radical (unpaired) electrons. The average molecular weight is 436 g/mol. The molecule has 0 aliphatic carbocycles. The zero-order chi connectivity index (χ0) is 21.2. The molecule has 1 saturated heterocycles. The minimum Gasteiger partial charge on any atom is -0.467 e. The highest BCUT2D eigenvalue weighted by atomic mass is 35.5. The number of rotatable bonds is 5. The van der Waals surface area contributed by atoms with Gasteiger partial charge in [0.25, 0.3) is 5.91 Å². The number of piperidine rings is 1. The maximum Gasteiger partial charge on any atom is 0.273 e. The number of benzene rings is 1. The van der Waals surface area contributed by atoms with E-state index >= 15 is 0 Å². The zero-order valence-corrected chi connectivity index (χ0v) is 17.6. The van der Waals surface area contributed by atoms with Crippen LogP contribution in [0.1, 0.15) is 29.1 Å². The molecule has 1 aliphatic rings. The lowest BCUT2D eigenvalue weighted by Gasteiger charge is -2.34. The Hall–Kier alpha value is -3.16. The molecule has 1 aliphatic heterocycles. The summed E-state index contributed by atoms with van der Waals surface area (Å²) < 4.78 is 7.21. The second kappa shape index (κ2) is 8.53. The molecular weight excluding hydrogens is 414 g/mol. The first-order valence-electron chi connectivity index (χ1n) is 10.3. The van der Waals surface area contributed by atoms with Crippen molar-refractivity contribution in [3.63, 3.8) is 0 Å². The Labute approximate surface area is 184 Å². The van der Waals surface area contributed by atoms with Crippen molar-refractivity contribution in [3.05, 3.63) is 77.6 Å². The third-order valence-electron chi connectivity index (χ3n) is 5.64. The van der Waals surface area contributed by atoms with Crippen LogP contribution < -0.4 is 5.32 Å². The third kappa shape index (κ3) is 4.06. The van der Waals surface area contributed by atoms with Gasteiger partial charge in [-0.1, -0.05) is 23.7 Å². The van der Waals surface area contributed by atoms with Gasteiger partial charge in [0.1, 0.15) is 11.5 Å². The van der Waals surface area contributed by atoms with E-state index < -0.39 is 0 Å². The van der Waals surface area contributed by atoms with E-state index in [4.69, 9.17) is 21.0 Å². The molecule has 5 rings (SSSR count). The Bertz CT molecular complexity index is 1200. The maximum atomic E-state index is 13.6. The number of nitrogens with one attached hydrogen (secondary N) is 1. The Morgan fingerprint density at radius 3 is 2.87 bits per heavy atom. The third-order valence-corrected chi connectivity index (χ3v) is 5.88. The monoisotopic (exact) mass is 435 g/mol. The van der Waals surface area contributed by atoms with E-state index in [1.165, 1.54) is 0 Å². The van der Waals surface area contributed by atoms with E-state index in [1.54, 1.807) is 29.2 Å². The number of carbonyl (C=O) groups excluding carboxylic acids is 1. The molecule has 1 fully saturated rings. The van der Waals surface area contributed by atoms with Crippen molar-refractivity contribution >= 4 is 23.2 Å². The summed E-state index contributed by atoms with van der Waals surface area (Å²) in [6.07, 6.45) is 6.95. The summed E-state index contributed by atoms with van der Waals surface area (Å²) in [7, 11) is 0. The topological polar surface area (TPSA) is 75.7 Å². The molecule has 1 amide bonds. The van der Waals surface area contributed by atoms with Crippen molar-refractivity contribution in [2.45, 2.75) is 25.4 Å². The summed E-state index contributed by atoms with van der Waals surface area (Å²) in [5, 5.41) is 8.38. The van der Waals surface area contributed by atoms with Gasteiger partial charge >= 0.3 is 0 Å². The minimum atomic E-state index is -0.107. The van der Waals surface area contributed by atoms with E-state index in [2.05, 4.69) is 10.4 Å². The lowest BCUT2D eigenvalue weighted by Crippen LogP contribution is -2.46. The Kier molecular flexibility index (Phi) is 5.44. The van der Waals surface area contributed by atoms with Crippen molar-refractivity contribution in [2.75, 3.05) is 13.1 Å². The fourth-order valence-corrected chi connectivity index (χ4v) is 4.24. The molecular formula is C23H22ClN5O2. The van der Waals surface area contributed by atoms with E-state index in [-0.39, 0.29) is 11.9 Å². The van der Waals surface area contributed by atoms with Crippen LogP contribution in [0.3, 0.4) is 0 Å². The van der Waals surface area contributed by atoms with Crippen LogP contribution in [0.15, 0.2) is 65.5 Å². The molecule has 0 unspecified atom stereocenters. The summed E-state index contributed by atoms with van der Waals surface area (Å²) in [5.41, 5.74) is 2.75. The quantitative estimate of drug-likeness (QED) is 0.512. The van der Waals surface area contributed by atoms with Gasteiger partial charge in [0.15, 0.2) is 5.65 Å². The molecule has 8 heteroatoms. The van der Waals surface area contributed by atoms with Gasteiger partial charge in [-0.05, 0) is 61.8 Å². The number of aromatic nitrogens is 3. The van der Waals surface area contributed by atoms with Gasteiger partial charge in [0.05, 0.1) is 19.0 Å². The van der Waals surface area contributed by atoms with Gasteiger partial charge in [0, 0.05) is 22.8 Å². The highest BCUT2D eigenvalue weighted by molar-refractivity contribution is 6.30. The number of hydrogen-bond donors (Lipinski definition) is 1. The first kappa shape index (κ1) is 19.8. The molecule has 1 aromatic carbocycles. The predicted molar refractivity (Wildman–Crippen MR) is 118 cm³/mol. The molecule has 158 valence electrons. The number of hydrogen-bond acceptors (Lipinski definition) is 5. The van der Waals surface area contributed by atoms with Crippen LogP contribution in [0.4, 0.5) is 0 Å². The van der Waals surface area contributed by atoms with Crippen molar-refractivity contribution < 1.29 is 9.21 Å². The smallest absolute Gasteiger partial charge is 0.273 e. The lowest BCUT2D eigenvalue weighted by atomic mass is 10.0. The average Bonchev–Trinajstić information content (AvgIpc) is 3.47. The van der Waals surface area contributed by atoms with Gasteiger partial charge in [-0.15, -0.1) is 0 Å². The molecule has 4 aromatic rings. The highest BCUT2D eigenvalue weighted by Crippen LogP contribution is 2.26. The number of carbonyl (C=O) groups is 1. The molecule has 1 N–H and O–H groups in total. The van der Waals surface area contributed by atoms with Crippen molar-refractivity contribution in [2.24, 2.45) is 0 Å². The Balaban J connectivity index is 1.51. The highest BCUT2D eigenvalue weighted by Gasteiger charge is 2.28. The molecule has 0 spiro atoms. The van der Waals surface area contributed by atoms with Gasteiger partial charge in [-0.25, -0.2) is 9.50 Å². The van der Waals surface area contributed by atoms with Crippen molar-refractivity contribution in [3.8, 4) is 11.1 Å². The Morgan fingerprint density at radius 2 is 2.10 bits per heavy atom. The van der Waals surface area contributed by atoms with Crippen LogP contribution in [0.2, 0.25) is 5.02 Å². The molecule has 4 heterocycles. The van der Waals surface area contributed by atoms with E-state index in [0.29, 0.717) is 22.9 Å². The summed E-state index contributed by atoms with van der Waals surface area (Å²) in [6.45, 7) is 2.20. The molecule has 0 bridgehead atoms. The van der Waals surface area contributed by atoms with Gasteiger partial charge in [-0.2, -0.15) is 5.10 Å². The summed E-state index contributed by atoms with van der Waals surface area (Å²) in [4.78, 5) is 20.2. The van der Waals surface area contributed by atoms with Crippen LogP contribution in [-0.2, 0) is 6.54 Å². The van der Waals surface area contributed by atoms with Gasteiger partial charge in [0.2, 0.25) is 0 Å². The first-order chi connectivity index (χ1) is 15.2. The summed E-state index contributed by atoms with van der Waals surface area (Å²) in [6, 6.07) is 13.1. The lowest BCUT2D eigenvalue weighted by molar-refractivity contribution is 0.0600. The SMILES string of the molecule is O=C(c1ccn2ncc(-c3cccc(Cl)c3)c2n1)N(Cc1ccco1)C1CCNCC1. The second-order valence-electron chi connectivity index (χ2n) is 7.64. The second-order valence-corrected chi connectivity index (χ2v) is 8.08. The first-order valence-corrected chi connectivity index (χ1v) is 10.7. The Morgan fingerprint density at radius 1 is 1.23 bits per heavy atom. The van der Waals surface area contributed by atoms with Crippen molar-refractivity contribution in [1.29, 1.82) is 0 Å².